The molecule has 0 saturated carbocycles. The van der Waals surface area contributed by atoms with E-state index in [-0.39, 0.29) is 23.4 Å². The molecule has 0 aliphatic carbocycles. The van der Waals surface area contributed by atoms with E-state index in [2.05, 4.69) is 10.3 Å². The summed E-state index contributed by atoms with van der Waals surface area (Å²) in [5, 5.41) is 13.7. The highest BCUT2D eigenvalue weighted by Crippen LogP contribution is 2.30. The average molecular weight is 374 g/mol. The number of nitro groups is 1. The van der Waals surface area contributed by atoms with Gasteiger partial charge in [0.25, 0.3) is 11.6 Å². The van der Waals surface area contributed by atoms with Crippen LogP contribution in [0.15, 0.2) is 30.5 Å². The minimum absolute atomic E-state index is 0.0250. The third-order valence-corrected chi connectivity index (χ3v) is 5.40. The van der Waals surface area contributed by atoms with Crippen molar-refractivity contribution in [3.8, 4) is 0 Å². The first-order valence-corrected chi connectivity index (χ1v) is 9.03. The Morgan fingerprint density at radius 3 is 2.65 bits per heavy atom. The average Bonchev–Trinajstić information content (AvgIpc) is 3.04. The lowest BCUT2D eigenvalue weighted by Crippen LogP contribution is -2.41. The maximum absolute atomic E-state index is 12.6. The number of aryl methyl sites for hydroxylation is 1. The number of hydrogen-bond donors (Lipinski definition) is 1. The Morgan fingerprint density at radius 1 is 1.35 bits per heavy atom. The van der Waals surface area contributed by atoms with E-state index in [1.807, 2.05) is 0 Å². The van der Waals surface area contributed by atoms with Gasteiger partial charge in [-0.2, -0.15) is 0 Å². The molecule has 9 heteroatoms. The second kappa shape index (κ2) is 7.61. The molecule has 0 atom stereocenters. The molecule has 0 radical (unpaired) electrons. The Labute approximate surface area is 154 Å². The highest BCUT2D eigenvalue weighted by molar-refractivity contribution is 7.14. The summed E-state index contributed by atoms with van der Waals surface area (Å²) in [6.07, 6.45) is 2.72. The number of nitrogens with zero attached hydrogens (tertiary/aromatic N) is 3. The van der Waals surface area contributed by atoms with Crippen LogP contribution < -0.4 is 5.32 Å². The first-order chi connectivity index (χ1) is 12.5. The standard InChI is InChI=1S/C17H18N4O4S/c1-11-13(21(24)25)10-14(26-11)17(23)20-8-5-12(6-9-20)16(22)19-15-4-2-3-7-18-15/h2-4,7,10,12H,5-6,8-9H2,1H3,(H,18,19,22). The predicted molar refractivity (Wildman–Crippen MR) is 97.2 cm³/mol. The molecule has 8 nitrogen and oxygen atoms in total. The number of rotatable bonds is 4. The molecule has 0 bridgehead atoms. The number of piperidine rings is 1. The van der Waals surface area contributed by atoms with Crippen molar-refractivity contribution in [2.75, 3.05) is 18.4 Å². The van der Waals surface area contributed by atoms with E-state index in [1.165, 1.54) is 6.07 Å². The summed E-state index contributed by atoms with van der Waals surface area (Å²) >= 11 is 1.13. The number of hydrogen-bond acceptors (Lipinski definition) is 6. The third kappa shape index (κ3) is 3.88. The summed E-state index contributed by atoms with van der Waals surface area (Å²) < 4.78 is 0. The van der Waals surface area contributed by atoms with Crippen molar-refractivity contribution in [3.63, 3.8) is 0 Å². The lowest BCUT2D eigenvalue weighted by molar-refractivity contribution is -0.385. The molecular weight excluding hydrogens is 356 g/mol. The maximum Gasteiger partial charge on any atom is 0.283 e. The van der Waals surface area contributed by atoms with E-state index in [0.717, 1.165) is 11.3 Å². The van der Waals surface area contributed by atoms with Gasteiger partial charge in [-0.3, -0.25) is 19.7 Å². The van der Waals surface area contributed by atoms with Gasteiger partial charge in [-0.25, -0.2) is 4.98 Å². The normalized spacial score (nSPS) is 14.9. The van der Waals surface area contributed by atoms with Crippen molar-refractivity contribution >= 4 is 34.7 Å². The first kappa shape index (κ1) is 18.0. The molecule has 2 aromatic heterocycles. The van der Waals surface area contributed by atoms with Gasteiger partial charge < -0.3 is 10.2 Å². The number of nitrogens with one attached hydrogen (secondary N) is 1. The van der Waals surface area contributed by atoms with Crippen LogP contribution in [-0.2, 0) is 4.79 Å². The zero-order chi connectivity index (χ0) is 18.7. The molecule has 1 aliphatic heterocycles. The fourth-order valence-electron chi connectivity index (χ4n) is 2.92. The third-order valence-electron chi connectivity index (χ3n) is 4.37. The van der Waals surface area contributed by atoms with E-state index in [0.29, 0.717) is 41.5 Å². The predicted octanol–water partition coefficient (Wildman–Crippen LogP) is 2.85. The largest absolute Gasteiger partial charge is 0.338 e. The lowest BCUT2D eigenvalue weighted by Gasteiger charge is -2.30. The van der Waals surface area contributed by atoms with Gasteiger partial charge in [-0.15, -0.1) is 11.3 Å². The highest BCUT2D eigenvalue weighted by Gasteiger charge is 2.30. The Bertz CT molecular complexity index is 829. The summed E-state index contributed by atoms with van der Waals surface area (Å²) in [5.74, 6) is 0.0195. The van der Waals surface area contributed by atoms with Crippen LogP contribution in [0.5, 0.6) is 0 Å². The number of carbonyl (C=O) groups excluding carboxylic acids is 2. The zero-order valence-electron chi connectivity index (χ0n) is 14.2. The Morgan fingerprint density at radius 2 is 2.08 bits per heavy atom. The molecular formula is C17H18N4O4S. The summed E-state index contributed by atoms with van der Waals surface area (Å²) in [5.41, 5.74) is -0.0250. The van der Waals surface area contributed by atoms with Crippen molar-refractivity contribution in [3.05, 3.63) is 50.3 Å². The molecule has 1 N–H and O–H groups in total. The van der Waals surface area contributed by atoms with Crippen LogP contribution in [0.3, 0.4) is 0 Å². The number of anilines is 1. The van der Waals surface area contributed by atoms with Crippen molar-refractivity contribution in [2.45, 2.75) is 19.8 Å². The van der Waals surface area contributed by atoms with Crippen LogP contribution in [0.1, 0.15) is 27.4 Å². The fraction of sp³-hybridized carbons (Fsp3) is 0.353. The van der Waals surface area contributed by atoms with Crippen LogP contribution >= 0.6 is 11.3 Å². The van der Waals surface area contributed by atoms with Gasteiger partial charge in [0.1, 0.15) is 5.82 Å². The van der Waals surface area contributed by atoms with Crippen molar-refractivity contribution in [2.24, 2.45) is 5.92 Å². The molecule has 3 heterocycles. The number of aromatic nitrogens is 1. The second-order valence-electron chi connectivity index (χ2n) is 6.08. The molecule has 0 aromatic carbocycles. The van der Waals surface area contributed by atoms with Crippen LogP contribution in [0.4, 0.5) is 11.5 Å². The molecule has 2 amide bonds. The Kier molecular flexibility index (Phi) is 5.27. The van der Waals surface area contributed by atoms with Crippen LogP contribution in [0.25, 0.3) is 0 Å². The van der Waals surface area contributed by atoms with Crippen molar-refractivity contribution in [1.82, 2.24) is 9.88 Å². The molecule has 3 rings (SSSR count). The van der Waals surface area contributed by atoms with Crippen molar-refractivity contribution < 1.29 is 14.5 Å². The zero-order valence-corrected chi connectivity index (χ0v) is 15.0. The van der Waals surface area contributed by atoms with Crippen molar-refractivity contribution in [1.29, 1.82) is 0 Å². The Hall–Kier alpha value is -2.81. The summed E-state index contributed by atoms with van der Waals surface area (Å²) in [7, 11) is 0. The van der Waals surface area contributed by atoms with Gasteiger partial charge >= 0.3 is 0 Å². The molecule has 2 aromatic rings. The summed E-state index contributed by atoms with van der Waals surface area (Å²) in [6.45, 7) is 2.53. The number of thiophene rings is 1. The fourth-order valence-corrected chi connectivity index (χ4v) is 3.88. The maximum atomic E-state index is 12.6. The topological polar surface area (TPSA) is 105 Å². The van der Waals surface area contributed by atoms with Crippen LogP contribution in [-0.4, -0.2) is 39.7 Å². The van der Waals surface area contributed by atoms with E-state index >= 15 is 0 Å². The molecule has 0 unspecified atom stereocenters. The van der Waals surface area contributed by atoms with E-state index in [9.17, 15) is 19.7 Å². The van der Waals surface area contributed by atoms with E-state index < -0.39 is 4.92 Å². The number of pyridine rings is 1. The van der Waals surface area contributed by atoms with Crippen LogP contribution in [0, 0.1) is 23.0 Å². The van der Waals surface area contributed by atoms with Gasteiger partial charge in [0.05, 0.1) is 14.7 Å². The van der Waals surface area contributed by atoms with Gasteiger partial charge in [0.15, 0.2) is 0 Å². The number of amides is 2. The van der Waals surface area contributed by atoms with Gasteiger partial charge in [-0.1, -0.05) is 6.07 Å². The van der Waals surface area contributed by atoms with E-state index in [4.69, 9.17) is 0 Å². The molecule has 136 valence electrons. The smallest absolute Gasteiger partial charge is 0.283 e. The Balaban J connectivity index is 1.58. The quantitative estimate of drug-likeness (QED) is 0.654. The van der Waals surface area contributed by atoms with Gasteiger partial charge in [0, 0.05) is 31.3 Å². The summed E-state index contributed by atoms with van der Waals surface area (Å²) in [4.78, 5) is 41.9. The molecule has 26 heavy (non-hydrogen) atoms. The molecule has 0 spiro atoms. The molecule has 1 aliphatic rings. The number of carbonyl (C=O) groups is 2. The number of likely N-dealkylation sites (tertiary alicyclic amines) is 1. The SMILES string of the molecule is Cc1sc(C(=O)N2CCC(C(=O)Nc3ccccn3)CC2)cc1[N+](=O)[O-]. The summed E-state index contributed by atoms with van der Waals surface area (Å²) in [6, 6.07) is 6.63. The second-order valence-corrected chi connectivity index (χ2v) is 7.34. The monoisotopic (exact) mass is 374 g/mol. The minimum Gasteiger partial charge on any atom is -0.338 e. The molecule has 1 fully saturated rings. The molecule has 1 saturated heterocycles. The highest BCUT2D eigenvalue weighted by atomic mass is 32.1. The van der Waals surface area contributed by atoms with Gasteiger partial charge in [-0.05, 0) is 31.9 Å². The minimum atomic E-state index is -0.475. The van der Waals surface area contributed by atoms with Crippen LogP contribution in [0.2, 0.25) is 0 Å². The van der Waals surface area contributed by atoms with E-state index in [1.54, 1.807) is 36.2 Å². The van der Waals surface area contributed by atoms with Gasteiger partial charge in [0.2, 0.25) is 5.91 Å². The lowest BCUT2D eigenvalue weighted by atomic mass is 9.96. The first-order valence-electron chi connectivity index (χ1n) is 8.21.